The zero-order valence-electron chi connectivity index (χ0n) is 8.83. The van der Waals surface area contributed by atoms with Crippen molar-refractivity contribution in [3.63, 3.8) is 0 Å². The SMILES string of the molecule is COc1c(CC(=O)O)cc(C(F)F)nc1C. The quantitative estimate of drug-likeness (QED) is 0.860. The maximum Gasteiger partial charge on any atom is 0.307 e. The Bertz CT molecular complexity index is 407. The molecule has 1 rings (SSSR count). The van der Waals surface area contributed by atoms with Crippen LogP contribution in [-0.4, -0.2) is 23.2 Å². The van der Waals surface area contributed by atoms with E-state index in [9.17, 15) is 13.6 Å². The molecule has 1 heterocycles. The van der Waals surface area contributed by atoms with E-state index >= 15 is 0 Å². The smallest absolute Gasteiger partial charge is 0.307 e. The lowest BCUT2D eigenvalue weighted by molar-refractivity contribution is -0.136. The number of carboxylic acid groups (broad SMARTS) is 1. The van der Waals surface area contributed by atoms with Gasteiger partial charge in [0.05, 0.1) is 19.2 Å². The lowest BCUT2D eigenvalue weighted by Crippen LogP contribution is -2.06. The molecule has 0 atom stereocenters. The third kappa shape index (κ3) is 2.65. The highest BCUT2D eigenvalue weighted by atomic mass is 19.3. The summed E-state index contributed by atoms with van der Waals surface area (Å²) >= 11 is 0. The number of hydrogen-bond donors (Lipinski definition) is 1. The second-order valence-corrected chi connectivity index (χ2v) is 3.20. The Morgan fingerprint density at radius 2 is 2.25 bits per heavy atom. The first-order valence-corrected chi connectivity index (χ1v) is 4.50. The minimum Gasteiger partial charge on any atom is -0.495 e. The number of aromatic nitrogens is 1. The zero-order valence-corrected chi connectivity index (χ0v) is 8.83. The van der Waals surface area contributed by atoms with E-state index in [0.717, 1.165) is 6.07 Å². The van der Waals surface area contributed by atoms with Gasteiger partial charge in [-0.1, -0.05) is 0 Å². The van der Waals surface area contributed by atoms with E-state index < -0.39 is 18.1 Å². The van der Waals surface area contributed by atoms with Gasteiger partial charge in [-0.2, -0.15) is 0 Å². The Hall–Kier alpha value is -1.72. The monoisotopic (exact) mass is 231 g/mol. The molecule has 0 aliphatic rings. The number of hydrogen-bond acceptors (Lipinski definition) is 3. The topological polar surface area (TPSA) is 59.4 Å². The van der Waals surface area contributed by atoms with Crippen LogP contribution < -0.4 is 4.74 Å². The summed E-state index contributed by atoms with van der Waals surface area (Å²) in [6.45, 7) is 1.50. The van der Waals surface area contributed by atoms with Gasteiger partial charge in [0.1, 0.15) is 11.4 Å². The third-order valence-corrected chi connectivity index (χ3v) is 2.01. The summed E-state index contributed by atoms with van der Waals surface area (Å²) in [5.74, 6) is -0.865. The largest absolute Gasteiger partial charge is 0.495 e. The van der Waals surface area contributed by atoms with Crippen molar-refractivity contribution in [3.05, 3.63) is 23.0 Å². The molecule has 0 saturated carbocycles. The van der Waals surface area contributed by atoms with E-state index in [-0.39, 0.29) is 23.4 Å². The molecule has 0 spiro atoms. The first kappa shape index (κ1) is 12.4. The van der Waals surface area contributed by atoms with Crippen LogP contribution >= 0.6 is 0 Å². The molecule has 0 fully saturated rings. The summed E-state index contributed by atoms with van der Waals surface area (Å²) in [5, 5.41) is 8.64. The highest BCUT2D eigenvalue weighted by molar-refractivity contribution is 5.71. The van der Waals surface area contributed by atoms with Crippen molar-refractivity contribution in [1.82, 2.24) is 4.98 Å². The molecule has 0 unspecified atom stereocenters. The van der Waals surface area contributed by atoms with Crippen molar-refractivity contribution in [3.8, 4) is 5.75 Å². The Morgan fingerprint density at radius 3 is 2.69 bits per heavy atom. The molecule has 1 N–H and O–H groups in total. The molecule has 0 amide bonds. The van der Waals surface area contributed by atoms with Crippen molar-refractivity contribution in [1.29, 1.82) is 0 Å². The molecule has 0 aliphatic heterocycles. The van der Waals surface area contributed by atoms with Gasteiger partial charge in [-0.25, -0.2) is 13.8 Å². The fourth-order valence-corrected chi connectivity index (χ4v) is 1.44. The average Bonchev–Trinajstić information content (AvgIpc) is 2.16. The normalized spacial score (nSPS) is 10.6. The fraction of sp³-hybridized carbons (Fsp3) is 0.400. The first-order valence-electron chi connectivity index (χ1n) is 4.50. The summed E-state index contributed by atoms with van der Waals surface area (Å²) in [4.78, 5) is 14.2. The van der Waals surface area contributed by atoms with Crippen molar-refractivity contribution in [2.45, 2.75) is 19.8 Å². The van der Waals surface area contributed by atoms with E-state index in [1.807, 2.05) is 0 Å². The van der Waals surface area contributed by atoms with Crippen LogP contribution in [0.3, 0.4) is 0 Å². The van der Waals surface area contributed by atoms with Gasteiger partial charge in [-0.3, -0.25) is 4.79 Å². The van der Waals surface area contributed by atoms with Gasteiger partial charge in [-0.15, -0.1) is 0 Å². The second-order valence-electron chi connectivity index (χ2n) is 3.20. The third-order valence-electron chi connectivity index (χ3n) is 2.01. The molecular formula is C10H11F2NO3. The summed E-state index contributed by atoms with van der Waals surface area (Å²) in [6, 6.07) is 1.06. The fourth-order valence-electron chi connectivity index (χ4n) is 1.44. The van der Waals surface area contributed by atoms with E-state index in [0.29, 0.717) is 0 Å². The number of aryl methyl sites for hydroxylation is 1. The number of rotatable bonds is 4. The van der Waals surface area contributed by atoms with E-state index in [1.54, 1.807) is 0 Å². The summed E-state index contributed by atoms with van der Waals surface area (Å²) < 4.78 is 29.8. The van der Waals surface area contributed by atoms with Gasteiger partial charge in [0.25, 0.3) is 6.43 Å². The Balaban J connectivity index is 3.24. The predicted molar refractivity (Wildman–Crippen MR) is 51.8 cm³/mol. The molecule has 88 valence electrons. The Kier molecular flexibility index (Phi) is 3.76. The number of methoxy groups -OCH3 is 1. The summed E-state index contributed by atoms with van der Waals surface area (Å²) in [5.41, 5.74) is 0.0314. The van der Waals surface area contributed by atoms with Crippen molar-refractivity contribution < 1.29 is 23.4 Å². The minimum absolute atomic E-state index is 0.206. The highest BCUT2D eigenvalue weighted by Gasteiger charge is 2.17. The van der Waals surface area contributed by atoms with Gasteiger partial charge < -0.3 is 9.84 Å². The number of pyridine rings is 1. The summed E-state index contributed by atoms with van der Waals surface area (Å²) in [7, 11) is 1.34. The molecule has 0 bridgehead atoms. The Morgan fingerprint density at radius 1 is 1.62 bits per heavy atom. The molecule has 1 aromatic rings. The molecule has 16 heavy (non-hydrogen) atoms. The van der Waals surface area contributed by atoms with Crippen LogP contribution in [0, 0.1) is 6.92 Å². The first-order chi connectivity index (χ1) is 7.45. The molecule has 0 aromatic carbocycles. The Labute approximate surface area is 90.9 Å². The number of carboxylic acids is 1. The van der Waals surface area contributed by atoms with E-state index in [1.165, 1.54) is 14.0 Å². The molecular weight excluding hydrogens is 220 g/mol. The number of ether oxygens (including phenoxy) is 1. The van der Waals surface area contributed by atoms with Crippen molar-refractivity contribution in [2.24, 2.45) is 0 Å². The van der Waals surface area contributed by atoms with Crippen LogP contribution in [0.15, 0.2) is 6.07 Å². The van der Waals surface area contributed by atoms with E-state index in [4.69, 9.17) is 9.84 Å². The van der Waals surface area contributed by atoms with Crippen molar-refractivity contribution >= 4 is 5.97 Å². The highest BCUT2D eigenvalue weighted by Crippen LogP contribution is 2.27. The van der Waals surface area contributed by atoms with Crippen LogP contribution in [0.1, 0.15) is 23.4 Å². The maximum atomic E-state index is 12.4. The van der Waals surface area contributed by atoms with Crippen LogP contribution in [0.25, 0.3) is 0 Å². The number of halogens is 2. The molecule has 1 aromatic heterocycles. The van der Waals surface area contributed by atoms with Crippen LogP contribution in [0.2, 0.25) is 0 Å². The van der Waals surface area contributed by atoms with Crippen LogP contribution in [0.5, 0.6) is 5.75 Å². The molecule has 0 radical (unpaired) electrons. The van der Waals surface area contributed by atoms with Gasteiger partial charge in [0.15, 0.2) is 0 Å². The second kappa shape index (κ2) is 4.87. The number of carbonyl (C=O) groups is 1. The minimum atomic E-state index is -2.72. The van der Waals surface area contributed by atoms with Gasteiger partial charge in [-0.05, 0) is 13.0 Å². The lowest BCUT2D eigenvalue weighted by atomic mass is 10.1. The summed E-state index contributed by atoms with van der Waals surface area (Å²) in [6.07, 6.45) is -3.09. The maximum absolute atomic E-state index is 12.4. The number of nitrogens with zero attached hydrogens (tertiary/aromatic N) is 1. The molecule has 0 saturated heterocycles. The van der Waals surface area contributed by atoms with Gasteiger partial charge >= 0.3 is 5.97 Å². The zero-order chi connectivity index (χ0) is 12.3. The van der Waals surface area contributed by atoms with Crippen molar-refractivity contribution in [2.75, 3.05) is 7.11 Å². The standard InChI is InChI=1S/C10H11F2NO3/c1-5-9(16-2)6(4-8(14)15)3-7(13-5)10(11)12/h3,10H,4H2,1-2H3,(H,14,15). The number of alkyl halides is 2. The molecule has 4 nitrogen and oxygen atoms in total. The van der Waals surface area contributed by atoms with Crippen LogP contribution in [0.4, 0.5) is 8.78 Å². The van der Waals surface area contributed by atoms with Gasteiger partial charge in [0.2, 0.25) is 0 Å². The van der Waals surface area contributed by atoms with Gasteiger partial charge in [0, 0.05) is 5.56 Å². The molecule has 6 heteroatoms. The average molecular weight is 231 g/mol. The van der Waals surface area contributed by atoms with Crippen LogP contribution in [-0.2, 0) is 11.2 Å². The van der Waals surface area contributed by atoms with E-state index in [2.05, 4.69) is 4.98 Å². The molecule has 0 aliphatic carbocycles. The number of aliphatic carboxylic acids is 1. The predicted octanol–water partition coefficient (Wildman–Crippen LogP) is 1.96. The lowest BCUT2D eigenvalue weighted by Gasteiger charge is -2.11.